The smallest absolute Gasteiger partial charge is 0.216 e. The first kappa shape index (κ1) is 14.6. The Hall–Kier alpha value is -1.51. The lowest BCUT2D eigenvalue weighted by molar-refractivity contribution is -0.119. The number of carbonyl (C=O) groups is 1. The number of rotatable bonds is 4. The van der Waals surface area contributed by atoms with Crippen LogP contribution in [-0.4, -0.2) is 19.6 Å². The van der Waals surface area contributed by atoms with Gasteiger partial charge in [0.1, 0.15) is 5.75 Å². The predicted octanol–water partition coefficient (Wildman–Crippen LogP) is 2.73. The largest absolute Gasteiger partial charge is 0.496 e. The number of aryl methyl sites for hydroxylation is 2. The van der Waals surface area contributed by atoms with E-state index in [2.05, 4.69) is 38.2 Å². The molecule has 0 aromatic heterocycles. The van der Waals surface area contributed by atoms with Gasteiger partial charge < -0.3 is 10.1 Å². The molecule has 1 aromatic rings. The molecule has 1 aromatic carbocycles. The Kier molecular flexibility index (Phi) is 4.38. The second kappa shape index (κ2) is 5.42. The summed E-state index contributed by atoms with van der Waals surface area (Å²) in [7, 11) is 1.69. The molecule has 0 radical (unpaired) electrons. The van der Waals surface area contributed by atoms with Gasteiger partial charge in [-0.3, -0.25) is 4.79 Å². The third-order valence-electron chi connectivity index (χ3n) is 3.13. The Bertz CT molecular complexity index is 450. The molecule has 0 saturated carbocycles. The van der Waals surface area contributed by atoms with Crippen LogP contribution in [0.15, 0.2) is 12.1 Å². The molecule has 0 saturated heterocycles. The fourth-order valence-electron chi connectivity index (χ4n) is 2.17. The molecule has 0 aliphatic heterocycles. The average Bonchev–Trinajstić information content (AvgIpc) is 2.25. The second-order valence-corrected chi connectivity index (χ2v) is 5.46. The molecule has 3 nitrogen and oxygen atoms in total. The predicted molar refractivity (Wildman–Crippen MR) is 74.2 cm³/mol. The van der Waals surface area contributed by atoms with Crippen molar-refractivity contribution in [3.8, 4) is 5.75 Å². The van der Waals surface area contributed by atoms with Gasteiger partial charge in [-0.1, -0.05) is 31.5 Å². The van der Waals surface area contributed by atoms with Gasteiger partial charge in [-0.15, -0.1) is 0 Å². The second-order valence-electron chi connectivity index (χ2n) is 5.46. The fourth-order valence-corrected chi connectivity index (χ4v) is 2.17. The van der Waals surface area contributed by atoms with E-state index in [1.807, 2.05) is 6.92 Å². The van der Waals surface area contributed by atoms with E-state index in [1.165, 1.54) is 12.5 Å². The first-order chi connectivity index (χ1) is 8.27. The third kappa shape index (κ3) is 3.25. The molecule has 0 heterocycles. The summed E-state index contributed by atoms with van der Waals surface area (Å²) < 4.78 is 5.51. The number of methoxy groups -OCH3 is 1. The van der Waals surface area contributed by atoms with Gasteiger partial charge in [0.05, 0.1) is 7.11 Å². The Balaban J connectivity index is 3.17. The molecule has 3 heteroatoms. The lowest BCUT2D eigenvalue weighted by Gasteiger charge is -2.28. The monoisotopic (exact) mass is 249 g/mol. The summed E-state index contributed by atoms with van der Waals surface area (Å²) in [4.78, 5) is 11.1. The van der Waals surface area contributed by atoms with Crippen molar-refractivity contribution in [3.63, 3.8) is 0 Å². The summed E-state index contributed by atoms with van der Waals surface area (Å²) in [6.45, 7) is 10.5. The summed E-state index contributed by atoms with van der Waals surface area (Å²) in [6, 6.07) is 4.24. The minimum absolute atomic E-state index is 0.00795. The van der Waals surface area contributed by atoms with Crippen molar-refractivity contribution in [3.05, 3.63) is 28.8 Å². The zero-order chi connectivity index (χ0) is 13.9. The summed E-state index contributed by atoms with van der Waals surface area (Å²) in [5.74, 6) is 0.905. The van der Waals surface area contributed by atoms with E-state index in [9.17, 15) is 4.79 Å². The maximum absolute atomic E-state index is 11.1. The highest BCUT2D eigenvalue weighted by molar-refractivity contribution is 5.73. The van der Waals surface area contributed by atoms with Gasteiger partial charge in [0, 0.05) is 24.4 Å². The number of carbonyl (C=O) groups excluding carboxylic acids is 1. The lowest BCUT2D eigenvalue weighted by Crippen LogP contribution is -2.35. The zero-order valence-electron chi connectivity index (χ0n) is 12.2. The SMILES string of the molecule is COc1c(C)cc(C)cc1C(C)(C)CNC(C)=O. The van der Waals surface area contributed by atoms with Crippen molar-refractivity contribution in [2.45, 2.75) is 40.0 Å². The van der Waals surface area contributed by atoms with Crippen molar-refractivity contribution < 1.29 is 9.53 Å². The lowest BCUT2D eigenvalue weighted by atomic mass is 9.82. The fraction of sp³-hybridized carbons (Fsp3) is 0.533. The molecule has 0 fully saturated rings. The van der Waals surface area contributed by atoms with Crippen LogP contribution in [-0.2, 0) is 10.2 Å². The van der Waals surface area contributed by atoms with Crippen LogP contribution in [0.1, 0.15) is 37.5 Å². The van der Waals surface area contributed by atoms with Crippen LogP contribution in [0, 0.1) is 13.8 Å². The highest BCUT2D eigenvalue weighted by Gasteiger charge is 2.26. The van der Waals surface area contributed by atoms with Gasteiger partial charge >= 0.3 is 0 Å². The normalized spacial score (nSPS) is 11.2. The van der Waals surface area contributed by atoms with Crippen molar-refractivity contribution in [1.29, 1.82) is 0 Å². The van der Waals surface area contributed by atoms with Crippen molar-refractivity contribution >= 4 is 5.91 Å². The number of nitrogens with one attached hydrogen (secondary N) is 1. The third-order valence-corrected chi connectivity index (χ3v) is 3.13. The minimum Gasteiger partial charge on any atom is -0.496 e. The minimum atomic E-state index is -0.159. The first-order valence-electron chi connectivity index (χ1n) is 6.18. The van der Waals surface area contributed by atoms with Crippen LogP contribution in [0.25, 0.3) is 0 Å². The molecule has 0 unspecified atom stereocenters. The van der Waals surface area contributed by atoms with Gasteiger partial charge in [0.25, 0.3) is 0 Å². The van der Waals surface area contributed by atoms with Gasteiger partial charge in [0.15, 0.2) is 0 Å². The van der Waals surface area contributed by atoms with E-state index in [4.69, 9.17) is 4.74 Å². The summed E-state index contributed by atoms with van der Waals surface area (Å²) in [5.41, 5.74) is 3.31. The molecule has 100 valence electrons. The Morgan fingerprint density at radius 2 is 1.94 bits per heavy atom. The molecule has 1 amide bonds. The molecule has 0 spiro atoms. The number of hydrogen-bond donors (Lipinski definition) is 1. The van der Waals surface area contributed by atoms with Crippen molar-refractivity contribution in [1.82, 2.24) is 5.32 Å². The van der Waals surface area contributed by atoms with Crippen molar-refractivity contribution in [2.75, 3.05) is 13.7 Å². The number of ether oxygens (including phenoxy) is 1. The topological polar surface area (TPSA) is 38.3 Å². The summed E-state index contributed by atoms with van der Waals surface area (Å²) in [6.07, 6.45) is 0. The summed E-state index contributed by atoms with van der Waals surface area (Å²) in [5, 5.41) is 2.88. The maximum atomic E-state index is 11.1. The van der Waals surface area contributed by atoms with E-state index in [0.717, 1.165) is 16.9 Å². The summed E-state index contributed by atoms with van der Waals surface area (Å²) >= 11 is 0. The highest BCUT2D eigenvalue weighted by atomic mass is 16.5. The number of benzene rings is 1. The molecule has 0 bridgehead atoms. The van der Waals surface area contributed by atoms with Gasteiger partial charge in [-0.2, -0.15) is 0 Å². The van der Waals surface area contributed by atoms with Gasteiger partial charge in [-0.25, -0.2) is 0 Å². The molecular formula is C15H23NO2. The van der Waals surface area contributed by atoms with Crippen LogP contribution in [0.4, 0.5) is 0 Å². The maximum Gasteiger partial charge on any atom is 0.216 e. The van der Waals surface area contributed by atoms with E-state index in [0.29, 0.717) is 6.54 Å². The van der Waals surface area contributed by atoms with E-state index in [-0.39, 0.29) is 11.3 Å². The molecular weight excluding hydrogens is 226 g/mol. The van der Waals surface area contributed by atoms with Crippen LogP contribution < -0.4 is 10.1 Å². The van der Waals surface area contributed by atoms with E-state index in [1.54, 1.807) is 7.11 Å². The van der Waals surface area contributed by atoms with Crippen LogP contribution in [0.3, 0.4) is 0 Å². The zero-order valence-corrected chi connectivity index (χ0v) is 12.2. The standard InChI is InChI=1S/C15H23NO2/c1-10-7-11(2)14(18-6)13(8-10)15(4,5)9-16-12(3)17/h7-8H,9H2,1-6H3,(H,16,17). The Morgan fingerprint density at radius 1 is 1.33 bits per heavy atom. The van der Waals surface area contributed by atoms with E-state index >= 15 is 0 Å². The quantitative estimate of drug-likeness (QED) is 0.891. The average molecular weight is 249 g/mol. The van der Waals surface area contributed by atoms with Crippen molar-refractivity contribution in [2.24, 2.45) is 0 Å². The Labute approximate surface area is 110 Å². The molecule has 0 atom stereocenters. The van der Waals surface area contributed by atoms with E-state index < -0.39 is 0 Å². The molecule has 0 aliphatic carbocycles. The Morgan fingerprint density at radius 3 is 2.44 bits per heavy atom. The molecule has 1 rings (SSSR count). The number of hydrogen-bond acceptors (Lipinski definition) is 2. The van der Waals surface area contributed by atoms with Gasteiger partial charge in [-0.05, 0) is 19.4 Å². The van der Waals surface area contributed by atoms with Crippen LogP contribution >= 0.6 is 0 Å². The molecule has 1 N–H and O–H groups in total. The molecule has 18 heavy (non-hydrogen) atoms. The molecule has 0 aliphatic rings. The number of amides is 1. The van der Waals surface area contributed by atoms with Gasteiger partial charge in [0.2, 0.25) is 5.91 Å². The van der Waals surface area contributed by atoms with Crippen LogP contribution in [0.5, 0.6) is 5.75 Å². The highest BCUT2D eigenvalue weighted by Crippen LogP contribution is 2.34. The first-order valence-corrected chi connectivity index (χ1v) is 6.18. The van der Waals surface area contributed by atoms with Crippen LogP contribution in [0.2, 0.25) is 0 Å².